The summed E-state index contributed by atoms with van der Waals surface area (Å²) in [5, 5.41) is 0. The summed E-state index contributed by atoms with van der Waals surface area (Å²) in [6, 6.07) is 9.37. The Balaban J connectivity index is 2.93. The van der Waals surface area contributed by atoms with Gasteiger partial charge in [-0.2, -0.15) is 0 Å². The van der Waals surface area contributed by atoms with Crippen molar-refractivity contribution in [3.05, 3.63) is 42.0 Å². The first-order chi connectivity index (χ1) is 6.77. The molecule has 1 aromatic rings. The first kappa shape index (κ1) is 10.3. The normalized spacial score (nSPS) is 10.9. The molecule has 0 N–H and O–H groups in total. The van der Waals surface area contributed by atoms with Gasteiger partial charge in [0.2, 0.25) is 0 Å². The van der Waals surface area contributed by atoms with Crippen LogP contribution in [0.15, 0.2) is 36.4 Å². The molecule has 0 bridgehead atoms. The van der Waals surface area contributed by atoms with Crippen LogP contribution in [0.1, 0.15) is 5.56 Å². The Morgan fingerprint density at radius 2 is 1.79 bits per heavy atom. The largest absolute Gasteiger partial charge is 0.496 e. The Morgan fingerprint density at radius 3 is 2.29 bits per heavy atom. The number of carbonyl (C=O) groups is 1. The molecule has 0 spiro atoms. The van der Waals surface area contributed by atoms with E-state index in [1.807, 2.05) is 30.3 Å². The number of ether oxygens (including phenoxy) is 2. The second-order valence-corrected chi connectivity index (χ2v) is 2.60. The van der Waals surface area contributed by atoms with Crippen molar-refractivity contribution in [3.63, 3.8) is 0 Å². The average Bonchev–Trinajstić information content (AvgIpc) is 2.26. The van der Waals surface area contributed by atoms with Crippen molar-refractivity contribution >= 4 is 11.7 Å². The minimum atomic E-state index is -0.425. The highest BCUT2D eigenvalue weighted by Gasteiger charge is 2.03. The van der Waals surface area contributed by atoms with Crippen molar-refractivity contribution in [2.45, 2.75) is 0 Å². The Morgan fingerprint density at radius 1 is 1.14 bits per heavy atom. The molecule has 0 aliphatic heterocycles. The van der Waals surface area contributed by atoms with Crippen LogP contribution in [-0.4, -0.2) is 20.2 Å². The molecule has 0 saturated heterocycles. The lowest BCUT2D eigenvalue weighted by atomic mass is 10.2. The zero-order chi connectivity index (χ0) is 10.4. The molecule has 74 valence electrons. The minimum absolute atomic E-state index is 0.425. The summed E-state index contributed by atoms with van der Waals surface area (Å²) in [4.78, 5) is 11.0. The van der Waals surface area contributed by atoms with Gasteiger partial charge in [0.25, 0.3) is 0 Å². The lowest BCUT2D eigenvalue weighted by Gasteiger charge is -2.04. The number of rotatable bonds is 3. The molecule has 0 amide bonds. The predicted octanol–water partition coefficient (Wildman–Crippen LogP) is 1.85. The second kappa shape index (κ2) is 5.07. The van der Waals surface area contributed by atoms with Crippen molar-refractivity contribution in [2.75, 3.05) is 14.2 Å². The average molecular weight is 192 g/mol. The summed E-state index contributed by atoms with van der Waals surface area (Å²) in [6.07, 6.45) is 1.31. The van der Waals surface area contributed by atoms with Gasteiger partial charge in [-0.1, -0.05) is 30.3 Å². The highest BCUT2D eigenvalue weighted by Crippen LogP contribution is 2.13. The summed E-state index contributed by atoms with van der Waals surface area (Å²) >= 11 is 0. The first-order valence-corrected chi connectivity index (χ1v) is 4.17. The molecule has 1 rings (SSSR count). The molecule has 3 nitrogen and oxygen atoms in total. The maximum absolute atomic E-state index is 11.0. The fourth-order valence-corrected chi connectivity index (χ4v) is 1.03. The molecule has 14 heavy (non-hydrogen) atoms. The lowest BCUT2D eigenvalue weighted by molar-refractivity contribution is -0.134. The van der Waals surface area contributed by atoms with Crippen LogP contribution < -0.4 is 0 Å². The number of hydrogen-bond donors (Lipinski definition) is 0. The van der Waals surface area contributed by atoms with Crippen LogP contribution >= 0.6 is 0 Å². The molecule has 0 aliphatic carbocycles. The van der Waals surface area contributed by atoms with Crippen LogP contribution in [-0.2, 0) is 14.3 Å². The molecule has 0 aromatic heterocycles. The van der Waals surface area contributed by atoms with E-state index in [9.17, 15) is 4.79 Å². The van der Waals surface area contributed by atoms with Crippen LogP contribution in [0.25, 0.3) is 5.76 Å². The molecular formula is C11H12O3. The van der Waals surface area contributed by atoms with Gasteiger partial charge in [-0.05, 0) is 0 Å². The quantitative estimate of drug-likeness (QED) is 0.416. The molecule has 0 atom stereocenters. The molecule has 0 radical (unpaired) electrons. The Kier molecular flexibility index (Phi) is 3.73. The van der Waals surface area contributed by atoms with E-state index < -0.39 is 5.97 Å². The number of benzene rings is 1. The van der Waals surface area contributed by atoms with Gasteiger partial charge in [0.15, 0.2) is 0 Å². The monoisotopic (exact) mass is 192 g/mol. The molecular weight excluding hydrogens is 180 g/mol. The van der Waals surface area contributed by atoms with E-state index in [-0.39, 0.29) is 0 Å². The van der Waals surface area contributed by atoms with E-state index >= 15 is 0 Å². The molecule has 1 aromatic carbocycles. The fourth-order valence-electron chi connectivity index (χ4n) is 1.03. The van der Waals surface area contributed by atoms with E-state index in [1.165, 1.54) is 20.3 Å². The van der Waals surface area contributed by atoms with Crippen molar-refractivity contribution in [1.82, 2.24) is 0 Å². The third-order valence-electron chi connectivity index (χ3n) is 1.73. The number of esters is 1. The number of carbonyl (C=O) groups excluding carboxylic acids is 1. The van der Waals surface area contributed by atoms with Crippen LogP contribution in [0.3, 0.4) is 0 Å². The predicted molar refractivity (Wildman–Crippen MR) is 53.4 cm³/mol. The smallest absolute Gasteiger partial charge is 0.334 e. The molecule has 0 saturated carbocycles. The van der Waals surface area contributed by atoms with Gasteiger partial charge in [0.05, 0.1) is 20.3 Å². The molecule has 0 unspecified atom stereocenters. The van der Waals surface area contributed by atoms with E-state index in [4.69, 9.17) is 4.74 Å². The first-order valence-electron chi connectivity index (χ1n) is 4.17. The number of hydrogen-bond acceptors (Lipinski definition) is 3. The molecule has 0 fully saturated rings. The Bertz CT molecular complexity index is 328. The van der Waals surface area contributed by atoms with Gasteiger partial charge in [0.1, 0.15) is 5.76 Å². The summed E-state index contributed by atoms with van der Waals surface area (Å²) in [5.74, 6) is 0.0724. The number of methoxy groups -OCH3 is 2. The second-order valence-electron chi connectivity index (χ2n) is 2.60. The summed E-state index contributed by atoms with van der Waals surface area (Å²) in [6.45, 7) is 0. The molecule has 0 aliphatic rings. The third kappa shape index (κ3) is 2.62. The van der Waals surface area contributed by atoms with Crippen molar-refractivity contribution < 1.29 is 14.3 Å². The van der Waals surface area contributed by atoms with Gasteiger partial charge in [-0.25, -0.2) is 4.79 Å². The van der Waals surface area contributed by atoms with E-state index in [1.54, 1.807) is 0 Å². The SMILES string of the molecule is COC(=O)C=C(OC)c1ccccc1. The van der Waals surface area contributed by atoms with Gasteiger partial charge >= 0.3 is 5.97 Å². The van der Waals surface area contributed by atoms with Crippen molar-refractivity contribution in [3.8, 4) is 0 Å². The molecule has 0 heterocycles. The van der Waals surface area contributed by atoms with Crippen LogP contribution in [0, 0.1) is 0 Å². The van der Waals surface area contributed by atoms with Crippen molar-refractivity contribution in [2.24, 2.45) is 0 Å². The fraction of sp³-hybridized carbons (Fsp3) is 0.182. The molecule has 3 heteroatoms. The zero-order valence-electron chi connectivity index (χ0n) is 8.19. The highest BCUT2D eigenvalue weighted by molar-refractivity contribution is 5.89. The van der Waals surface area contributed by atoms with E-state index in [0.29, 0.717) is 5.76 Å². The van der Waals surface area contributed by atoms with E-state index in [2.05, 4.69) is 4.74 Å². The van der Waals surface area contributed by atoms with Gasteiger partial charge in [-0.15, -0.1) is 0 Å². The zero-order valence-corrected chi connectivity index (χ0v) is 8.19. The lowest BCUT2D eigenvalue weighted by Crippen LogP contribution is -1.98. The maximum atomic E-state index is 11.0. The summed E-state index contributed by atoms with van der Waals surface area (Å²) in [5.41, 5.74) is 0.848. The van der Waals surface area contributed by atoms with Crippen molar-refractivity contribution in [1.29, 1.82) is 0 Å². The van der Waals surface area contributed by atoms with Crippen LogP contribution in [0.2, 0.25) is 0 Å². The van der Waals surface area contributed by atoms with E-state index in [0.717, 1.165) is 5.56 Å². The third-order valence-corrected chi connectivity index (χ3v) is 1.73. The summed E-state index contributed by atoms with van der Waals surface area (Å²) in [7, 11) is 2.85. The standard InChI is InChI=1S/C11H12O3/c1-13-10(8-11(12)14-2)9-6-4-3-5-7-9/h3-8H,1-2H3. The van der Waals surface area contributed by atoms with Gasteiger partial charge in [-0.3, -0.25) is 0 Å². The van der Waals surface area contributed by atoms with Gasteiger partial charge in [0, 0.05) is 5.56 Å². The van der Waals surface area contributed by atoms with Crippen LogP contribution in [0.5, 0.6) is 0 Å². The van der Waals surface area contributed by atoms with Gasteiger partial charge < -0.3 is 9.47 Å². The van der Waals surface area contributed by atoms with Crippen LogP contribution in [0.4, 0.5) is 0 Å². The topological polar surface area (TPSA) is 35.5 Å². The highest BCUT2D eigenvalue weighted by atomic mass is 16.5. The Labute approximate surface area is 83.0 Å². The Hall–Kier alpha value is -1.77. The minimum Gasteiger partial charge on any atom is -0.496 e. The maximum Gasteiger partial charge on any atom is 0.334 e. The summed E-state index contributed by atoms with van der Waals surface area (Å²) < 4.78 is 9.58.